The van der Waals surface area contributed by atoms with Gasteiger partial charge in [-0.1, -0.05) is 431 Å². The molecule has 0 aliphatic rings. The molecule has 0 rings (SSSR count). The highest BCUT2D eigenvalue weighted by Gasteiger charge is 2.27. The van der Waals surface area contributed by atoms with E-state index in [1.807, 2.05) is 21.1 Å². The number of ether oxygens (including phenoxy) is 2. The number of carbonyl (C=O) groups is 2. The molecule has 0 fully saturated rings. The van der Waals surface area contributed by atoms with E-state index in [0.717, 1.165) is 38.5 Å². The van der Waals surface area contributed by atoms with Gasteiger partial charge in [0.15, 0.2) is 6.10 Å². The SMILES string of the molecule is CCCCCCCCCCCCCCCCCCCCCCCCCCCCCCCCCCCCCCCCCC(=O)OC(COC(=O)CCCCCCCCCCCCCCCCCCCCCCCCCCCCCC)COP(=O)(O)OCC[N+](C)(C)C. The quantitative estimate of drug-likeness (QED) is 0.0278. The molecule has 0 radical (unpaired) electrons. The topological polar surface area (TPSA) is 108 Å². The second kappa shape index (κ2) is 73.3. The third-order valence-electron chi connectivity index (χ3n) is 19.4. The predicted octanol–water partition coefficient (Wildman–Crippen LogP) is 27.2. The van der Waals surface area contributed by atoms with Crippen LogP contribution in [-0.4, -0.2) is 74.9 Å². The van der Waals surface area contributed by atoms with Crippen LogP contribution in [0.4, 0.5) is 0 Å². The van der Waals surface area contributed by atoms with Crippen molar-refractivity contribution in [2.45, 2.75) is 463 Å². The van der Waals surface area contributed by atoms with E-state index in [1.54, 1.807) is 0 Å². The molecule has 0 aliphatic carbocycles. The summed E-state index contributed by atoms with van der Waals surface area (Å²) in [5.41, 5.74) is 0. The molecule has 0 bridgehead atoms. The number of hydrogen-bond donors (Lipinski definition) is 1. The van der Waals surface area contributed by atoms with Crippen LogP contribution in [0.5, 0.6) is 0 Å². The summed E-state index contributed by atoms with van der Waals surface area (Å²) < 4.78 is 34.8. The second-order valence-electron chi connectivity index (χ2n) is 29.9. The zero-order valence-electron chi connectivity index (χ0n) is 62.4. The summed E-state index contributed by atoms with van der Waals surface area (Å²) in [6.07, 6.45) is 91.4. The number of esters is 2. The maximum Gasteiger partial charge on any atom is 0.472 e. The van der Waals surface area contributed by atoms with Crippen LogP contribution in [0.1, 0.15) is 457 Å². The molecule has 0 amide bonds. The van der Waals surface area contributed by atoms with Crippen molar-refractivity contribution in [2.24, 2.45) is 0 Å². The number of unbranched alkanes of at least 4 members (excludes halogenated alkanes) is 65. The zero-order valence-corrected chi connectivity index (χ0v) is 63.3. The Kier molecular flexibility index (Phi) is 72.5. The first-order chi connectivity index (χ1) is 44.5. The number of phosphoric acid groups is 1. The van der Waals surface area contributed by atoms with Gasteiger partial charge in [0.2, 0.25) is 0 Å². The fourth-order valence-electron chi connectivity index (χ4n) is 13.1. The van der Waals surface area contributed by atoms with Gasteiger partial charge in [0.1, 0.15) is 19.8 Å². The van der Waals surface area contributed by atoms with Crippen molar-refractivity contribution in [1.29, 1.82) is 0 Å². The van der Waals surface area contributed by atoms with Crippen molar-refractivity contribution in [1.82, 2.24) is 0 Å². The van der Waals surface area contributed by atoms with Crippen LogP contribution < -0.4 is 0 Å². The van der Waals surface area contributed by atoms with E-state index in [0.29, 0.717) is 17.4 Å². The molecule has 0 saturated heterocycles. The van der Waals surface area contributed by atoms with Crippen molar-refractivity contribution < 1.29 is 42.1 Å². The van der Waals surface area contributed by atoms with Crippen molar-refractivity contribution in [2.75, 3.05) is 47.5 Å². The maximum atomic E-state index is 12.9. The van der Waals surface area contributed by atoms with Gasteiger partial charge >= 0.3 is 19.8 Å². The molecule has 1 N–H and O–H groups in total. The molecule has 10 heteroatoms. The normalized spacial score (nSPS) is 12.9. The van der Waals surface area contributed by atoms with Crippen LogP contribution in [0.25, 0.3) is 0 Å². The van der Waals surface area contributed by atoms with Crippen molar-refractivity contribution in [3.63, 3.8) is 0 Å². The summed E-state index contributed by atoms with van der Waals surface area (Å²) in [6, 6.07) is 0. The molecule has 0 aromatic heterocycles. The molecule has 544 valence electrons. The van der Waals surface area contributed by atoms with E-state index in [2.05, 4.69) is 13.8 Å². The monoisotopic (exact) mass is 1310 g/mol. The summed E-state index contributed by atoms with van der Waals surface area (Å²) in [5.74, 6) is -0.764. The van der Waals surface area contributed by atoms with Crippen molar-refractivity contribution in [3.05, 3.63) is 0 Å². The maximum absolute atomic E-state index is 12.9. The summed E-state index contributed by atoms with van der Waals surface area (Å²) in [5, 5.41) is 0. The average molecular weight is 1310 g/mol. The number of phosphoric ester groups is 1. The standard InChI is InChI=1S/C81H162NO8P/c1-6-8-10-12-14-16-18-20-22-24-26-28-30-32-34-36-37-38-39-40-41-42-43-44-45-46-48-50-52-54-56-58-60-62-64-66-68-70-72-74-81(84)90-79(78-89-91(85,86)88-76-75-82(3,4)5)77-87-80(83)73-71-69-67-65-63-61-59-57-55-53-51-49-47-35-33-31-29-27-25-23-21-19-17-15-13-11-9-7-2/h79H,6-78H2,1-5H3/p+1. The van der Waals surface area contributed by atoms with E-state index < -0.39 is 26.5 Å². The van der Waals surface area contributed by atoms with Crippen LogP contribution in [0.2, 0.25) is 0 Å². The second-order valence-corrected chi connectivity index (χ2v) is 31.3. The van der Waals surface area contributed by atoms with E-state index in [-0.39, 0.29) is 25.6 Å². The lowest BCUT2D eigenvalue weighted by atomic mass is 10.0. The zero-order chi connectivity index (χ0) is 66.2. The third-order valence-corrected chi connectivity index (χ3v) is 20.4. The molecule has 2 atom stereocenters. The van der Waals surface area contributed by atoms with Crippen molar-refractivity contribution >= 4 is 19.8 Å². The molecule has 91 heavy (non-hydrogen) atoms. The fourth-order valence-corrected chi connectivity index (χ4v) is 13.8. The Morgan fingerprint density at radius 3 is 0.703 bits per heavy atom. The Morgan fingerprint density at radius 2 is 0.495 bits per heavy atom. The highest BCUT2D eigenvalue weighted by molar-refractivity contribution is 7.47. The molecular weight excluding hydrogens is 1150 g/mol. The number of quaternary nitrogens is 1. The summed E-state index contributed by atoms with van der Waals surface area (Å²) in [4.78, 5) is 36.0. The highest BCUT2D eigenvalue weighted by Crippen LogP contribution is 2.43. The Morgan fingerprint density at radius 1 is 0.297 bits per heavy atom. The van der Waals surface area contributed by atoms with Gasteiger partial charge in [-0.3, -0.25) is 18.6 Å². The molecule has 0 aliphatic heterocycles. The number of nitrogens with zero attached hydrogens (tertiary/aromatic N) is 1. The number of carbonyl (C=O) groups excluding carboxylic acids is 2. The Balaban J connectivity index is 3.85. The molecule has 0 heterocycles. The van der Waals surface area contributed by atoms with Crippen LogP contribution in [0, 0.1) is 0 Å². The van der Waals surface area contributed by atoms with Crippen LogP contribution in [-0.2, 0) is 32.7 Å². The molecule has 0 aromatic rings. The summed E-state index contributed by atoms with van der Waals surface area (Å²) >= 11 is 0. The van der Waals surface area contributed by atoms with Gasteiger partial charge in [-0.25, -0.2) is 4.57 Å². The molecule has 0 spiro atoms. The smallest absolute Gasteiger partial charge is 0.462 e. The minimum absolute atomic E-state index is 0.0379. The first-order valence-electron chi connectivity index (χ1n) is 41.3. The van der Waals surface area contributed by atoms with E-state index in [1.165, 1.54) is 392 Å². The van der Waals surface area contributed by atoms with Gasteiger partial charge in [-0.05, 0) is 12.8 Å². The average Bonchev–Trinajstić information content (AvgIpc) is 3.30. The van der Waals surface area contributed by atoms with Gasteiger partial charge in [0.05, 0.1) is 27.7 Å². The van der Waals surface area contributed by atoms with Gasteiger partial charge in [0.25, 0.3) is 0 Å². The molecule has 0 aromatic carbocycles. The Hall–Kier alpha value is -0.990. The van der Waals surface area contributed by atoms with Crippen LogP contribution in [0.3, 0.4) is 0 Å². The Bertz CT molecular complexity index is 1490. The van der Waals surface area contributed by atoms with Gasteiger partial charge < -0.3 is 18.9 Å². The fraction of sp³-hybridized carbons (Fsp3) is 0.975. The first kappa shape index (κ1) is 90.0. The lowest BCUT2D eigenvalue weighted by Crippen LogP contribution is -2.37. The van der Waals surface area contributed by atoms with Gasteiger partial charge in [-0.15, -0.1) is 0 Å². The summed E-state index contributed by atoms with van der Waals surface area (Å²) in [7, 11) is 1.51. The van der Waals surface area contributed by atoms with Crippen LogP contribution >= 0.6 is 7.82 Å². The number of hydrogen-bond acceptors (Lipinski definition) is 7. The van der Waals surface area contributed by atoms with Crippen molar-refractivity contribution in [3.8, 4) is 0 Å². The third kappa shape index (κ3) is 77.9. The van der Waals surface area contributed by atoms with Crippen LogP contribution in [0.15, 0.2) is 0 Å². The largest absolute Gasteiger partial charge is 0.472 e. The molecule has 9 nitrogen and oxygen atoms in total. The van der Waals surface area contributed by atoms with E-state index in [4.69, 9.17) is 18.5 Å². The summed E-state index contributed by atoms with van der Waals surface area (Å²) in [6.45, 7) is 4.55. The number of rotatable bonds is 79. The van der Waals surface area contributed by atoms with E-state index >= 15 is 0 Å². The minimum atomic E-state index is -4.39. The highest BCUT2D eigenvalue weighted by atomic mass is 31.2. The lowest BCUT2D eigenvalue weighted by molar-refractivity contribution is -0.870. The minimum Gasteiger partial charge on any atom is -0.462 e. The number of likely N-dealkylation sites (N-methyl/N-ethyl adjacent to an activating group) is 1. The van der Waals surface area contributed by atoms with Gasteiger partial charge in [0, 0.05) is 12.8 Å². The molecule has 2 unspecified atom stereocenters. The van der Waals surface area contributed by atoms with E-state index in [9.17, 15) is 19.0 Å². The Labute approximate surface area is 569 Å². The predicted molar refractivity (Wildman–Crippen MR) is 395 cm³/mol. The first-order valence-corrected chi connectivity index (χ1v) is 42.8. The molecule has 0 saturated carbocycles. The lowest BCUT2D eigenvalue weighted by Gasteiger charge is -2.24. The van der Waals surface area contributed by atoms with Gasteiger partial charge in [-0.2, -0.15) is 0 Å². The molecular formula is C81H163NO8P+.